The summed E-state index contributed by atoms with van der Waals surface area (Å²) < 4.78 is 5.34. The van der Waals surface area contributed by atoms with E-state index in [0.29, 0.717) is 17.2 Å². The van der Waals surface area contributed by atoms with Crippen molar-refractivity contribution >= 4 is 40.6 Å². The smallest absolute Gasteiger partial charge is 0.262 e. The summed E-state index contributed by atoms with van der Waals surface area (Å²) >= 11 is 2.88. The lowest BCUT2D eigenvalue weighted by molar-refractivity contribution is -0.115. The molecule has 0 fully saturated rings. The van der Waals surface area contributed by atoms with Gasteiger partial charge in [-0.15, -0.1) is 23.1 Å². The second kappa shape index (κ2) is 8.59. The molecular weight excluding hydrogens is 332 g/mol. The van der Waals surface area contributed by atoms with Crippen LogP contribution in [0.3, 0.4) is 0 Å². The molecule has 122 valence electrons. The molecule has 1 aromatic heterocycles. The standard InChI is InChI=1S/C16H18N2O3S2/c1-3-21-12-6-4-11(5-7-12)18-14(19)10-17-16(20)15-13(22-2)8-9-23-15/h4-9H,3,10H2,1-2H3,(H,17,20)(H,18,19). The van der Waals surface area contributed by atoms with Gasteiger partial charge in [-0.3, -0.25) is 9.59 Å². The van der Waals surface area contributed by atoms with Crippen LogP contribution in [0.15, 0.2) is 40.6 Å². The van der Waals surface area contributed by atoms with E-state index in [1.54, 1.807) is 24.3 Å². The molecule has 0 spiro atoms. The summed E-state index contributed by atoms with van der Waals surface area (Å²) in [6.45, 7) is 2.44. The molecule has 0 saturated carbocycles. The zero-order valence-electron chi connectivity index (χ0n) is 12.9. The molecule has 0 unspecified atom stereocenters. The van der Waals surface area contributed by atoms with E-state index in [4.69, 9.17) is 4.74 Å². The normalized spacial score (nSPS) is 10.2. The Morgan fingerprint density at radius 1 is 1.22 bits per heavy atom. The zero-order valence-corrected chi connectivity index (χ0v) is 14.6. The Hall–Kier alpha value is -1.99. The third kappa shape index (κ3) is 5.01. The van der Waals surface area contributed by atoms with Crippen LogP contribution < -0.4 is 15.4 Å². The predicted octanol–water partition coefficient (Wildman–Crippen LogP) is 3.24. The first-order chi connectivity index (χ1) is 11.1. The summed E-state index contributed by atoms with van der Waals surface area (Å²) in [6, 6.07) is 8.98. The van der Waals surface area contributed by atoms with Gasteiger partial charge in [0.25, 0.3) is 5.91 Å². The first-order valence-electron chi connectivity index (χ1n) is 7.06. The number of rotatable bonds is 7. The van der Waals surface area contributed by atoms with Gasteiger partial charge in [0.15, 0.2) is 0 Å². The highest BCUT2D eigenvalue weighted by atomic mass is 32.2. The maximum atomic E-state index is 12.0. The third-order valence-electron chi connectivity index (χ3n) is 2.91. The van der Waals surface area contributed by atoms with E-state index >= 15 is 0 Å². The Bertz CT molecular complexity index is 668. The second-order valence-electron chi connectivity index (χ2n) is 4.51. The molecule has 0 aliphatic rings. The molecule has 2 rings (SSSR count). The summed E-state index contributed by atoms with van der Waals surface area (Å²) in [5.74, 6) is 0.247. The number of thioether (sulfide) groups is 1. The number of nitrogens with one attached hydrogen (secondary N) is 2. The molecule has 5 nitrogen and oxygen atoms in total. The van der Waals surface area contributed by atoms with Crippen molar-refractivity contribution in [2.45, 2.75) is 11.8 Å². The van der Waals surface area contributed by atoms with E-state index in [-0.39, 0.29) is 18.4 Å². The van der Waals surface area contributed by atoms with Gasteiger partial charge < -0.3 is 15.4 Å². The van der Waals surface area contributed by atoms with Crippen LogP contribution in [-0.2, 0) is 4.79 Å². The number of amides is 2. The summed E-state index contributed by atoms with van der Waals surface area (Å²) in [6.07, 6.45) is 1.91. The number of hydrogen-bond donors (Lipinski definition) is 2. The van der Waals surface area contributed by atoms with Gasteiger partial charge in [-0.25, -0.2) is 0 Å². The Kier molecular flexibility index (Phi) is 6.49. The predicted molar refractivity (Wildman–Crippen MR) is 94.7 cm³/mol. The molecule has 0 aliphatic carbocycles. The lowest BCUT2D eigenvalue weighted by Crippen LogP contribution is -2.32. The molecule has 7 heteroatoms. The van der Waals surface area contributed by atoms with Crippen LogP contribution in [0.25, 0.3) is 0 Å². The minimum Gasteiger partial charge on any atom is -0.494 e. The van der Waals surface area contributed by atoms with Gasteiger partial charge in [-0.2, -0.15) is 0 Å². The minimum absolute atomic E-state index is 0.0717. The second-order valence-corrected chi connectivity index (χ2v) is 6.27. The number of anilines is 1. The number of thiophene rings is 1. The number of carbonyl (C=O) groups excluding carboxylic acids is 2. The van der Waals surface area contributed by atoms with Crippen molar-refractivity contribution in [1.29, 1.82) is 0 Å². The van der Waals surface area contributed by atoms with Crippen LogP contribution >= 0.6 is 23.1 Å². The molecule has 0 bridgehead atoms. The van der Waals surface area contributed by atoms with Crippen molar-refractivity contribution in [1.82, 2.24) is 5.32 Å². The highest BCUT2D eigenvalue weighted by Crippen LogP contribution is 2.25. The summed E-state index contributed by atoms with van der Waals surface area (Å²) in [7, 11) is 0. The molecule has 0 radical (unpaired) electrons. The summed E-state index contributed by atoms with van der Waals surface area (Å²) in [5, 5.41) is 7.22. The van der Waals surface area contributed by atoms with Crippen molar-refractivity contribution < 1.29 is 14.3 Å². The van der Waals surface area contributed by atoms with Gasteiger partial charge in [0.1, 0.15) is 10.6 Å². The third-order valence-corrected chi connectivity index (χ3v) is 4.74. The molecule has 2 N–H and O–H groups in total. The Morgan fingerprint density at radius 2 is 1.96 bits per heavy atom. The molecule has 0 atom stereocenters. The van der Waals surface area contributed by atoms with E-state index in [2.05, 4.69) is 10.6 Å². The minimum atomic E-state index is -0.273. The topological polar surface area (TPSA) is 67.4 Å². The van der Waals surface area contributed by atoms with Crippen LogP contribution in [0.2, 0.25) is 0 Å². The van der Waals surface area contributed by atoms with E-state index in [9.17, 15) is 9.59 Å². The Morgan fingerprint density at radius 3 is 2.61 bits per heavy atom. The SMILES string of the molecule is CCOc1ccc(NC(=O)CNC(=O)c2sccc2SC)cc1. The fraction of sp³-hybridized carbons (Fsp3) is 0.250. The average Bonchev–Trinajstić information content (AvgIpc) is 3.03. The molecule has 1 aromatic carbocycles. The van der Waals surface area contributed by atoms with Gasteiger partial charge in [0.2, 0.25) is 5.91 Å². The van der Waals surface area contributed by atoms with E-state index in [1.165, 1.54) is 23.1 Å². The number of benzene rings is 1. The van der Waals surface area contributed by atoms with Gasteiger partial charge in [-0.05, 0) is 48.9 Å². The highest BCUT2D eigenvalue weighted by Gasteiger charge is 2.13. The molecule has 0 aliphatic heterocycles. The fourth-order valence-corrected chi connectivity index (χ4v) is 3.54. The van der Waals surface area contributed by atoms with E-state index in [0.717, 1.165) is 10.6 Å². The molecule has 0 saturated heterocycles. The van der Waals surface area contributed by atoms with Crippen LogP contribution in [0, 0.1) is 0 Å². The zero-order chi connectivity index (χ0) is 16.7. The highest BCUT2D eigenvalue weighted by molar-refractivity contribution is 7.98. The average molecular weight is 350 g/mol. The van der Waals surface area contributed by atoms with Crippen molar-refractivity contribution in [3.8, 4) is 5.75 Å². The first-order valence-corrected chi connectivity index (χ1v) is 9.17. The van der Waals surface area contributed by atoms with Crippen molar-refractivity contribution in [3.05, 3.63) is 40.6 Å². The first kappa shape index (κ1) is 17.4. The molecule has 1 heterocycles. The largest absolute Gasteiger partial charge is 0.494 e. The molecular formula is C16H18N2O3S2. The summed E-state index contributed by atoms with van der Waals surface area (Å²) in [4.78, 5) is 25.5. The maximum Gasteiger partial charge on any atom is 0.262 e. The van der Waals surface area contributed by atoms with Gasteiger partial charge in [-0.1, -0.05) is 0 Å². The Balaban J connectivity index is 1.84. The fourth-order valence-electron chi connectivity index (χ4n) is 1.87. The van der Waals surface area contributed by atoms with Gasteiger partial charge in [0.05, 0.1) is 13.2 Å². The van der Waals surface area contributed by atoms with Gasteiger partial charge >= 0.3 is 0 Å². The van der Waals surface area contributed by atoms with E-state index in [1.807, 2.05) is 24.6 Å². The molecule has 2 amide bonds. The lowest BCUT2D eigenvalue weighted by atomic mass is 10.3. The van der Waals surface area contributed by atoms with Crippen LogP contribution in [-0.4, -0.2) is 31.2 Å². The van der Waals surface area contributed by atoms with Crippen molar-refractivity contribution in [2.24, 2.45) is 0 Å². The Labute approximate surface area is 143 Å². The quantitative estimate of drug-likeness (QED) is 0.752. The number of carbonyl (C=O) groups is 2. The van der Waals surface area contributed by atoms with Crippen LogP contribution in [0.4, 0.5) is 5.69 Å². The number of ether oxygens (including phenoxy) is 1. The van der Waals surface area contributed by atoms with E-state index < -0.39 is 0 Å². The van der Waals surface area contributed by atoms with Crippen molar-refractivity contribution in [2.75, 3.05) is 24.7 Å². The lowest BCUT2D eigenvalue weighted by Gasteiger charge is -2.08. The monoisotopic (exact) mass is 350 g/mol. The maximum absolute atomic E-state index is 12.0. The van der Waals surface area contributed by atoms with Crippen molar-refractivity contribution in [3.63, 3.8) is 0 Å². The number of hydrogen-bond acceptors (Lipinski definition) is 5. The molecule has 2 aromatic rings. The van der Waals surface area contributed by atoms with Gasteiger partial charge in [0, 0.05) is 10.6 Å². The van der Waals surface area contributed by atoms with Crippen LogP contribution in [0.5, 0.6) is 5.75 Å². The van der Waals surface area contributed by atoms with Crippen LogP contribution in [0.1, 0.15) is 16.6 Å². The summed E-state index contributed by atoms with van der Waals surface area (Å²) in [5.41, 5.74) is 0.661. The molecule has 23 heavy (non-hydrogen) atoms.